The summed E-state index contributed by atoms with van der Waals surface area (Å²) < 4.78 is 0. The number of hydrogen-bond donors (Lipinski definition) is 1. The maximum Gasteiger partial charge on any atom is 0.242 e. The van der Waals surface area contributed by atoms with E-state index in [4.69, 9.17) is 0 Å². The molecule has 2 rings (SSSR count). The molecule has 2 heterocycles. The Labute approximate surface area is 123 Å². The zero-order chi connectivity index (χ0) is 14.6. The Morgan fingerprint density at radius 2 is 2.05 bits per heavy atom. The zero-order valence-corrected chi connectivity index (χ0v) is 13.5. The molecule has 2 aliphatic rings. The number of hydrogen-bond acceptors (Lipinski definition) is 3. The summed E-state index contributed by atoms with van der Waals surface area (Å²) in [5, 5.41) is 3.47. The average molecular weight is 281 g/mol. The predicted molar refractivity (Wildman–Crippen MR) is 82.8 cm³/mol. The van der Waals surface area contributed by atoms with Crippen molar-refractivity contribution in [2.24, 2.45) is 0 Å². The standard InChI is InChI=1S/C16H31N3O/c1-4-11-19-12-7-14(8-13-19)18(3)15(20)16(5-2)9-6-10-17-16/h14,17H,4-13H2,1-3H3. The second kappa shape index (κ2) is 6.90. The molecule has 4 heteroatoms. The molecular formula is C16H31N3O. The fourth-order valence-corrected chi connectivity index (χ4v) is 3.79. The van der Waals surface area contributed by atoms with Crippen LogP contribution in [0, 0.1) is 0 Å². The van der Waals surface area contributed by atoms with Crippen molar-refractivity contribution in [2.45, 2.75) is 64.0 Å². The van der Waals surface area contributed by atoms with Crippen molar-refractivity contribution in [3.63, 3.8) is 0 Å². The highest BCUT2D eigenvalue weighted by molar-refractivity contribution is 5.86. The lowest BCUT2D eigenvalue weighted by molar-refractivity contribution is -0.139. The number of likely N-dealkylation sites (N-methyl/N-ethyl adjacent to an activating group) is 1. The molecule has 4 nitrogen and oxygen atoms in total. The second-order valence-electron chi connectivity index (χ2n) is 6.45. The molecule has 2 aliphatic heterocycles. The van der Waals surface area contributed by atoms with Gasteiger partial charge in [-0.1, -0.05) is 13.8 Å². The van der Waals surface area contributed by atoms with Crippen molar-refractivity contribution in [1.29, 1.82) is 0 Å². The summed E-state index contributed by atoms with van der Waals surface area (Å²) in [4.78, 5) is 17.4. The van der Waals surface area contributed by atoms with Crippen molar-refractivity contribution in [3.8, 4) is 0 Å². The van der Waals surface area contributed by atoms with E-state index in [1.54, 1.807) is 0 Å². The summed E-state index contributed by atoms with van der Waals surface area (Å²) >= 11 is 0. The molecule has 1 atom stereocenters. The van der Waals surface area contributed by atoms with E-state index in [1.165, 1.54) is 13.0 Å². The Morgan fingerprint density at radius 3 is 2.55 bits per heavy atom. The Bertz CT molecular complexity index is 318. The first-order valence-electron chi connectivity index (χ1n) is 8.37. The third kappa shape index (κ3) is 3.17. The minimum atomic E-state index is -0.269. The van der Waals surface area contributed by atoms with Gasteiger partial charge in [-0.25, -0.2) is 0 Å². The van der Waals surface area contributed by atoms with Crippen LogP contribution in [0.2, 0.25) is 0 Å². The Kier molecular flexibility index (Phi) is 5.44. The van der Waals surface area contributed by atoms with Crippen LogP contribution >= 0.6 is 0 Å². The van der Waals surface area contributed by atoms with Crippen LogP contribution in [0.25, 0.3) is 0 Å². The SMILES string of the molecule is CCCN1CCC(N(C)C(=O)C2(CC)CCCN2)CC1. The van der Waals surface area contributed by atoms with Gasteiger partial charge in [-0.05, 0) is 51.6 Å². The largest absolute Gasteiger partial charge is 0.341 e. The van der Waals surface area contributed by atoms with Crippen LogP contribution in [0.3, 0.4) is 0 Å². The van der Waals surface area contributed by atoms with Gasteiger partial charge < -0.3 is 15.1 Å². The minimum absolute atomic E-state index is 0.269. The molecule has 0 radical (unpaired) electrons. The van der Waals surface area contributed by atoms with Gasteiger partial charge in [0.25, 0.3) is 0 Å². The van der Waals surface area contributed by atoms with E-state index in [0.29, 0.717) is 11.9 Å². The summed E-state index contributed by atoms with van der Waals surface area (Å²) in [5.74, 6) is 0.325. The first-order chi connectivity index (χ1) is 9.63. The number of amides is 1. The fourth-order valence-electron chi connectivity index (χ4n) is 3.79. The van der Waals surface area contributed by atoms with Crippen LogP contribution in [0.5, 0.6) is 0 Å². The maximum atomic E-state index is 12.9. The normalized spacial score (nSPS) is 28.8. The first-order valence-corrected chi connectivity index (χ1v) is 8.37. The number of nitrogens with one attached hydrogen (secondary N) is 1. The van der Waals surface area contributed by atoms with E-state index < -0.39 is 0 Å². The number of rotatable bonds is 5. The molecule has 0 aromatic carbocycles. The van der Waals surface area contributed by atoms with Crippen molar-refractivity contribution < 1.29 is 4.79 Å². The van der Waals surface area contributed by atoms with Crippen molar-refractivity contribution in [1.82, 2.24) is 15.1 Å². The molecule has 0 aliphatic carbocycles. The van der Waals surface area contributed by atoms with Gasteiger partial charge in [-0.3, -0.25) is 4.79 Å². The molecule has 20 heavy (non-hydrogen) atoms. The van der Waals surface area contributed by atoms with Crippen LogP contribution < -0.4 is 5.32 Å². The molecule has 0 saturated carbocycles. The lowest BCUT2D eigenvalue weighted by atomic mass is 9.91. The molecule has 0 spiro atoms. The van der Waals surface area contributed by atoms with Gasteiger partial charge in [0.15, 0.2) is 0 Å². The second-order valence-corrected chi connectivity index (χ2v) is 6.45. The van der Waals surface area contributed by atoms with Crippen molar-refractivity contribution in [2.75, 3.05) is 33.2 Å². The lowest BCUT2D eigenvalue weighted by Crippen LogP contribution is -2.57. The Morgan fingerprint density at radius 1 is 1.35 bits per heavy atom. The molecule has 0 aromatic rings. The summed E-state index contributed by atoms with van der Waals surface area (Å²) in [6.45, 7) is 8.84. The Hall–Kier alpha value is -0.610. The van der Waals surface area contributed by atoms with Gasteiger partial charge >= 0.3 is 0 Å². The van der Waals surface area contributed by atoms with Gasteiger partial charge in [0, 0.05) is 26.2 Å². The van der Waals surface area contributed by atoms with Crippen molar-refractivity contribution >= 4 is 5.91 Å². The molecule has 1 amide bonds. The quantitative estimate of drug-likeness (QED) is 0.835. The molecule has 116 valence electrons. The number of carbonyl (C=O) groups excluding carboxylic acids is 1. The van der Waals surface area contributed by atoms with E-state index in [-0.39, 0.29) is 5.54 Å². The van der Waals surface area contributed by atoms with Crippen LogP contribution in [-0.4, -0.2) is 60.5 Å². The van der Waals surface area contributed by atoms with E-state index in [0.717, 1.165) is 51.7 Å². The molecule has 1 N–H and O–H groups in total. The van der Waals surface area contributed by atoms with Gasteiger partial charge in [0.2, 0.25) is 5.91 Å². The molecular weight excluding hydrogens is 250 g/mol. The van der Waals surface area contributed by atoms with E-state index in [9.17, 15) is 4.79 Å². The topological polar surface area (TPSA) is 35.6 Å². The number of nitrogens with zero attached hydrogens (tertiary/aromatic N) is 2. The van der Waals surface area contributed by atoms with Crippen LogP contribution in [0.4, 0.5) is 0 Å². The number of carbonyl (C=O) groups is 1. The van der Waals surface area contributed by atoms with Crippen molar-refractivity contribution in [3.05, 3.63) is 0 Å². The summed E-state index contributed by atoms with van der Waals surface area (Å²) in [6.07, 6.45) is 6.51. The Balaban J connectivity index is 1.91. The minimum Gasteiger partial charge on any atom is -0.341 e. The highest BCUT2D eigenvalue weighted by Crippen LogP contribution is 2.27. The van der Waals surface area contributed by atoms with Gasteiger partial charge in [-0.2, -0.15) is 0 Å². The van der Waals surface area contributed by atoms with E-state index in [1.807, 2.05) is 11.9 Å². The van der Waals surface area contributed by atoms with Crippen LogP contribution in [-0.2, 0) is 4.79 Å². The average Bonchev–Trinajstić information content (AvgIpc) is 2.97. The maximum absolute atomic E-state index is 12.9. The van der Waals surface area contributed by atoms with Crippen LogP contribution in [0.1, 0.15) is 52.4 Å². The third-order valence-corrected chi connectivity index (χ3v) is 5.22. The van der Waals surface area contributed by atoms with Crippen LogP contribution in [0.15, 0.2) is 0 Å². The molecule has 0 bridgehead atoms. The number of likely N-dealkylation sites (tertiary alicyclic amines) is 1. The highest BCUT2D eigenvalue weighted by Gasteiger charge is 2.42. The molecule has 0 aromatic heterocycles. The third-order valence-electron chi connectivity index (χ3n) is 5.22. The lowest BCUT2D eigenvalue weighted by Gasteiger charge is -2.40. The summed E-state index contributed by atoms with van der Waals surface area (Å²) in [7, 11) is 2.01. The smallest absolute Gasteiger partial charge is 0.242 e. The molecule has 1 unspecified atom stereocenters. The fraction of sp³-hybridized carbons (Fsp3) is 0.938. The van der Waals surface area contributed by atoms with E-state index >= 15 is 0 Å². The molecule has 2 saturated heterocycles. The number of piperidine rings is 1. The van der Waals surface area contributed by atoms with E-state index in [2.05, 4.69) is 24.1 Å². The van der Waals surface area contributed by atoms with Gasteiger partial charge in [-0.15, -0.1) is 0 Å². The zero-order valence-electron chi connectivity index (χ0n) is 13.5. The molecule has 2 fully saturated rings. The predicted octanol–water partition coefficient (Wildman–Crippen LogP) is 1.85. The van der Waals surface area contributed by atoms with Gasteiger partial charge in [0.1, 0.15) is 0 Å². The summed E-state index contributed by atoms with van der Waals surface area (Å²) in [6, 6.07) is 0.432. The first kappa shape index (κ1) is 15.8. The van der Waals surface area contributed by atoms with Gasteiger partial charge in [0.05, 0.1) is 5.54 Å². The highest BCUT2D eigenvalue weighted by atomic mass is 16.2. The monoisotopic (exact) mass is 281 g/mol. The summed E-state index contributed by atoms with van der Waals surface area (Å²) in [5.41, 5.74) is -0.269.